The van der Waals surface area contributed by atoms with Crippen LogP contribution in [0.5, 0.6) is 0 Å². The average Bonchev–Trinajstić information content (AvgIpc) is 3.35. The molecule has 0 fully saturated rings. The Bertz CT molecular complexity index is 1290. The molecule has 1 heterocycles. The van der Waals surface area contributed by atoms with Gasteiger partial charge in [-0.3, -0.25) is 43.3 Å². The first kappa shape index (κ1) is 43.9. The largest absolute Gasteiger partial charge is 0.445 e. The number of rotatable bonds is 17. The maximum absolute atomic E-state index is 12.4. The Morgan fingerprint density at radius 2 is 1.47 bits per heavy atom. The molecule has 0 saturated carbocycles. The van der Waals surface area contributed by atoms with Gasteiger partial charge < -0.3 is 31.3 Å². The standard InChI is InChI=1S/C17H22N4O6.C15H24N2O3.C2H6/c1-12(23)27-11-20-15(24)9-19-17(26)14(21-16(25)8-18-10-22)7-13-5-3-2-4-6-13;1-6-16-13(20)15(4,5)9-14(2,3)10-17-11(18)7-8-12(17)19;1-2/h2-6,10,14H,7-9,11H2,1H3,(H,18,22)(H,19,26)(H,20,24)(H,21,25);7-8H,6,9-10H2,1-5H3,(H,16,20);1-2H3. The van der Waals surface area contributed by atoms with Gasteiger partial charge in [0.2, 0.25) is 30.0 Å². The minimum atomic E-state index is -0.936. The van der Waals surface area contributed by atoms with Gasteiger partial charge in [-0.15, -0.1) is 0 Å². The molecule has 7 amide bonds. The number of nitrogens with one attached hydrogen (secondary N) is 5. The number of hydrogen-bond acceptors (Lipinski definition) is 9. The van der Waals surface area contributed by atoms with Crippen LogP contribution >= 0.6 is 0 Å². The summed E-state index contributed by atoms with van der Waals surface area (Å²) in [6.07, 6.45) is 3.73. The van der Waals surface area contributed by atoms with Crippen LogP contribution in [0.1, 0.15) is 67.4 Å². The van der Waals surface area contributed by atoms with Crippen LogP contribution in [0.2, 0.25) is 0 Å². The van der Waals surface area contributed by atoms with Crippen molar-refractivity contribution in [3.63, 3.8) is 0 Å². The number of carbonyl (C=O) groups is 8. The summed E-state index contributed by atoms with van der Waals surface area (Å²) in [5, 5.41) is 12.2. The molecule has 1 atom stereocenters. The van der Waals surface area contributed by atoms with Crippen molar-refractivity contribution in [2.24, 2.45) is 10.8 Å². The van der Waals surface area contributed by atoms with Gasteiger partial charge in [0.05, 0.1) is 13.1 Å². The number of imide groups is 1. The molecule has 0 aliphatic carbocycles. The minimum Gasteiger partial charge on any atom is -0.445 e. The van der Waals surface area contributed by atoms with Crippen LogP contribution in [-0.4, -0.2) is 91.7 Å². The normalized spacial score (nSPS) is 12.6. The van der Waals surface area contributed by atoms with Crippen molar-refractivity contribution >= 4 is 47.8 Å². The van der Waals surface area contributed by atoms with Gasteiger partial charge in [-0.2, -0.15) is 0 Å². The average molecular weight is 689 g/mol. The Kier molecular flexibility index (Phi) is 20.2. The molecule has 0 radical (unpaired) electrons. The van der Waals surface area contributed by atoms with Crippen molar-refractivity contribution in [1.82, 2.24) is 31.5 Å². The second-order valence-corrected chi connectivity index (χ2v) is 12.1. The lowest BCUT2D eigenvalue weighted by atomic mass is 9.74. The highest BCUT2D eigenvalue weighted by Gasteiger charge is 2.38. The van der Waals surface area contributed by atoms with E-state index in [1.165, 1.54) is 24.0 Å². The van der Waals surface area contributed by atoms with Gasteiger partial charge in [-0.1, -0.05) is 71.9 Å². The fourth-order valence-corrected chi connectivity index (χ4v) is 4.76. The molecule has 0 bridgehead atoms. The summed E-state index contributed by atoms with van der Waals surface area (Å²) in [6, 6.07) is 8.06. The molecule has 0 aromatic heterocycles. The summed E-state index contributed by atoms with van der Waals surface area (Å²) in [7, 11) is 0. The Balaban J connectivity index is 0.000000930. The summed E-state index contributed by atoms with van der Waals surface area (Å²) >= 11 is 0. The first-order valence-electron chi connectivity index (χ1n) is 16.0. The first-order valence-corrected chi connectivity index (χ1v) is 16.0. The highest BCUT2D eigenvalue weighted by Crippen LogP contribution is 2.35. The molecule has 5 N–H and O–H groups in total. The minimum absolute atomic E-state index is 0.00900. The Hall–Kier alpha value is -5.08. The zero-order chi connectivity index (χ0) is 37.6. The molecule has 0 spiro atoms. The van der Waals surface area contributed by atoms with Crippen molar-refractivity contribution in [2.75, 3.05) is 32.9 Å². The molecule has 1 unspecified atom stereocenters. The summed E-state index contributed by atoms with van der Waals surface area (Å²) < 4.78 is 4.56. The van der Waals surface area contributed by atoms with E-state index in [0.717, 1.165) is 5.56 Å². The number of amides is 7. The van der Waals surface area contributed by atoms with Gasteiger partial charge in [0, 0.05) is 44.0 Å². The molecule has 1 aliphatic heterocycles. The fraction of sp³-hybridized carbons (Fsp3) is 0.529. The van der Waals surface area contributed by atoms with Gasteiger partial charge >= 0.3 is 5.97 Å². The lowest BCUT2D eigenvalue weighted by Crippen LogP contribution is -2.51. The van der Waals surface area contributed by atoms with Crippen LogP contribution < -0.4 is 26.6 Å². The van der Waals surface area contributed by atoms with E-state index in [-0.39, 0.29) is 49.4 Å². The maximum atomic E-state index is 12.4. The van der Waals surface area contributed by atoms with E-state index >= 15 is 0 Å². The number of nitrogens with zero attached hydrogens (tertiary/aromatic N) is 1. The Morgan fingerprint density at radius 3 is 2.00 bits per heavy atom. The Labute approximate surface area is 288 Å². The zero-order valence-corrected chi connectivity index (χ0v) is 29.8. The van der Waals surface area contributed by atoms with Crippen molar-refractivity contribution in [3.8, 4) is 0 Å². The SMILES string of the molecule is CC.CC(=O)OCNC(=O)CNC(=O)C(Cc1ccccc1)NC(=O)CNC=O.CCNC(=O)C(C)(C)CC(C)(C)CN1C(=O)C=CC1=O. The highest BCUT2D eigenvalue weighted by molar-refractivity contribution is 6.12. The van der Waals surface area contributed by atoms with Gasteiger partial charge in [0.25, 0.3) is 11.8 Å². The zero-order valence-electron chi connectivity index (χ0n) is 29.8. The van der Waals surface area contributed by atoms with Crippen LogP contribution in [0, 0.1) is 10.8 Å². The van der Waals surface area contributed by atoms with E-state index in [9.17, 15) is 38.4 Å². The molecule has 0 saturated heterocycles. The van der Waals surface area contributed by atoms with Gasteiger partial charge in [-0.05, 0) is 24.3 Å². The summed E-state index contributed by atoms with van der Waals surface area (Å²) in [6.45, 7) is 14.8. The maximum Gasteiger partial charge on any atom is 0.304 e. The second-order valence-electron chi connectivity index (χ2n) is 12.1. The smallest absolute Gasteiger partial charge is 0.304 e. The van der Waals surface area contributed by atoms with Crippen LogP contribution in [-0.2, 0) is 49.5 Å². The van der Waals surface area contributed by atoms with Gasteiger partial charge in [0.15, 0.2) is 6.73 Å². The van der Waals surface area contributed by atoms with Crippen LogP contribution in [0.15, 0.2) is 42.5 Å². The molecule has 2 rings (SSSR count). The Morgan fingerprint density at radius 1 is 0.878 bits per heavy atom. The fourth-order valence-electron chi connectivity index (χ4n) is 4.76. The van der Waals surface area contributed by atoms with Gasteiger partial charge in [-0.25, -0.2) is 0 Å². The van der Waals surface area contributed by atoms with E-state index in [1.807, 2.05) is 54.5 Å². The highest BCUT2D eigenvalue weighted by atomic mass is 16.5. The number of ether oxygens (including phenoxy) is 1. The number of hydrogen-bond donors (Lipinski definition) is 5. The van der Waals surface area contributed by atoms with Crippen molar-refractivity contribution < 1.29 is 43.1 Å². The third kappa shape index (κ3) is 18.2. The number of esters is 1. The van der Waals surface area contributed by atoms with E-state index in [4.69, 9.17) is 0 Å². The summed E-state index contributed by atoms with van der Waals surface area (Å²) in [5.74, 6) is -2.78. The van der Waals surface area contributed by atoms with E-state index in [2.05, 4.69) is 31.3 Å². The molecule has 1 aliphatic rings. The molecule has 15 heteroatoms. The second kappa shape index (κ2) is 22.5. The van der Waals surface area contributed by atoms with E-state index < -0.39 is 35.1 Å². The molecular formula is C34H52N6O9. The topological polar surface area (TPSA) is 209 Å². The first-order chi connectivity index (χ1) is 23.0. The lowest BCUT2D eigenvalue weighted by molar-refractivity contribution is -0.143. The molecule has 272 valence electrons. The predicted molar refractivity (Wildman–Crippen MR) is 182 cm³/mol. The van der Waals surface area contributed by atoms with Gasteiger partial charge in [0.1, 0.15) is 6.04 Å². The quantitative estimate of drug-likeness (QED) is 0.0675. The monoisotopic (exact) mass is 688 g/mol. The predicted octanol–water partition coefficient (Wildman–Crippen LogP) is 0.729. The van der Waals surface area contributed by atoms with E-state index in [0.29, 0.717) is 25.9 Å². The molecular weight excluding hydrogens is 636 g/mol. The molecule has 15 nitrogen and oxygen atoms in total. The molecule has 49 heavy (non-hydrogen) atoms. The van der Waals surface area contributed by atoms with Crippen molar-refractivity contribution in [2.45, 2.75) is 74.3 Å². The van der Waals surface area contributed by atoms with Crippen molar-refractivity contribution in [1.29, 1.82) is 0 Å². The number of carbonyl (C=O) groups excluding carboxylic acids is 8. The molecule has 1 aromatic carbocycles. The summed E-state index contributed by atoms with van der Waals surface area (Å²) in [4.78, 5) is 93.2. The van der Waals surface area contributed by atoms with Crippen molar-refractivity contribution in [3.05, 3.63) is 48.0 Å². The lowest BCUT2D eigenvalue weighted by Gasteiger charge is -2.36. The van der Waals surface area contributed by atoms with E-state index in [1.54, 1.807) is 24.3 Å². The van der Waals surface area contributed by atoms with Crippen LogP contribution in [0.3, 0.4) is 0 Å². The summed E-state index contributed by atoms with van der Waals surface area (Å²) in [5.41, 5.74) is -0.0642. The van der Waals surface area contributed by atoms with Crippen LogP contribution in [0.4, 0.5) is 0 Å². The third-order valence-corrected chi connectivity index (χ3v) is 6.61. The third-order valence-electron chi connectivity index (χ3n) is 6.61. The number of benzene rings is 1. The van der Waals surface area contributed by atoms with Crippen LogP contribution in [0.25, 0.3) is 0 Å². The molecule has 1 aromatic rings.